The van der Waals surface area contributed by atoms with Crippen molar-refractivity contribution in [3.8, 4) is 11.8 Å². The third-order valence-electron chi connectivity index (χ3n) is 2.50. The van der Waals surface area contributed by atoms with Crippen LogP contribution in [0.15, 0.2) is 42.9 Å². The van der Waals surface area contributed by atoms with E-state index in [1.165, 1.54) is 0 Å². The molecule has 0 unspecified atom stereocenters. The van der Waals surface area contributed by atoms with Gasteiger partial charge in [0.25, 0.3) is 0 Å². The smallest absolute Gasteiger partial charge is 0.238 e. The predicted octanol–water partition coefficient (Wildman–Crippen LogP) is 1.82. The van der Waals surface area contributed by atoms with Crippen LogP contribution in [0.5, 0.6) is 5.88 Å². The molecule has 17 heavy (non-hydrogen) atoms. The van der Waals surface area contributed by atoms with Gasteiger partial charge in [0.1, 0.15) is 6.33 Å². The normalized spacial score (nSPS) is 10.6. The van der Waals surface area contributed by atoms with Crippen molar-refractivity contribution in [2.75, 3.05) is 7.11 Å². The molecular formula is C12H10N4O. The Morgan fingerprint density at radius 2 is 2.00 bits per heavy atom. The summed E-state index contributed by atoms with van der Waals surface area (Å²) in [5, 5.41) is 0. The minimum Gasteiger partial charge on any atom is -0.481 e. The van der Waals surface area contributed by atoms with Crippen molar-refractivity contribution < 1.29 is 4.74 Å². The number of benzene rings is 1. The minimum absolute atomic E-state index is 0.535. The molecule has 0 aliphatic rings. The largest absolute Gasteiger partial charge is 0.481 e. The summed E-state index contributed by atoms with van der Waals surface area (Å²) in [5.74, 6) is 1.09. The zero-order chi connectivity index (χ0) is 11.7. The first kappa shape index (κ1) is 9.77. The Balaban J connectivity index is 2.20. The maximum Gasteiger partial charge on any atom is 0.238 e. The molecule has 0 N–H and O–H groups in total. The zero-order valence-electron chi connectivity index (χ0n) is 9.24. The highest BCUT2D eigenvalue weighted by atomic mass is 16.5. The topological polar surface area (TPSA) is 52.8 Å². The van der Waals surface area contributed by atoms with Crippen molar-refractivity contribution in [2.24, 2.45) is 0 Å². The van der Waals surface area contributed by atoms with E-state index in [2.05, 4.69) is 15.0 Å². The molecule has 5 nitrogen and oxygen atoms in total. The molecule has 2 heterocycles. The summed E-state index contributed by atoms with van der Waals surface area (Å²) in [5.41, 5.74) is 1.89. The summed E-state index contributed by atoms with van der Waals surface area (Å²) in [6.07, 6.45) is 3.37. The van der Waals surface area contributed by atoms with E-state index < -0.39 is 0 Å². The highest BCUT2D eigenvalue weighted by molar-refractivity contribution is 5.76. The minimum atomic E-state index is 0.535. The Kier molecular flexibility index (Phi) is 2.22. The lowest BCUT2D eigenvalue weighted by Crippen LogP contribution is -2.00. The predicted molar refractivity (Wildman–Crippen MR) is 63.2 cm³/mol. The Labute approximate surface area is 97.7 Å². The summed E-state index contributed by atoms with van der Waals surface area (Å²) in [4.78, 5) is 12.8. The number of para-hydroxylation sites is 2. The average molecular weight is 226 g/mol. The van der Waals surface area contributed by atoms with E-state index in [1.807, 2.05) is 28.8 Å². The Hall–Kier alpha value is -2.43. The third-order valence-corrected chi connectivity index (χ3v) is 2.50. The fourth-order valence-electron chi connectivity index (χ4n) is 1.68. The first-order chi connectivity index (χ1) is 8.38. The number of imidazole rings is 1. The molecule has 0 atom stereocenters. The van der Waals surface area contributed by atoms with Crippen LogP contribution in [-0.4, -0.2) is 26.6 Å². The van der Waals surface area contributed by atoms with Gasteiger partial charge in [0.05, 0.1) is 18.1 Å². The molecule has 0 aliphatic heterocycles. The van der Waals surface area contributed by atoms with Crippen LogP contribution in [0.4, 0.5) is 0 Å². The average Bonchev–Trinajstić information content (AvgIpc) is 2.82. The van der Waals surface area contributed by atoms with Gasteiger partial charge in [-0.3, -0.25) is 4.57 Å². The van der Waals surface area contributed by atoms with Gasteiger partial charge in [0.15, 0.2) is 0 Å². The zero-order valence-corrected chi connectivity index (χ0v) is 9.24. The highest BCUT2D eigenvalue weighted by Crippen LogP contribution is 2.16. The molecule has 0 radical (unpaired) electrons. The summed E-state index contributed by atoms with van der Waals surface area (Å²) in [7, 11) is 1.58. The molecule has 0 saturated heterocycles. The van der Waals surface area contributed by atoms with E-state index in [0.717, 1.165) is 11.0 Å². The molecular weight excluding hydrogens is 216 g/mol. The van der Waals surface area contributed by atoms with Crippen LogP contribution in [0.25, 0.3) is 17.0 Å². The molecule has 2 aromatic heterocycles. The Bertz CT molecular complexity index is 662. The Morgan fingerprint density at radius 1 is 1.12 bits per heavy atom. The van der Waals surface area contributed by atoms with Crippen molar-refractivity contribution in [3.05, 3.63) is 42.9 Å². The second kappa shape index (κ2) is 3.86. The van der Waals surface area contributed by atoms with Crippen LogP contribution >= 0.6 is 0 Å². The van der Waals surface area contributed by atoms with E-state index in [9.17, 15) is 0 Å². The number of aromatic nitrogens is 4. The molecule has 0 spiro atoms. The fourth-order valence-corrected chi connectivity index (χ4v) is 1.68. The Morgan fingerprint density at radius 3 is 2.88 bits per heavy atom. The lowest BCUT2D eigenvalue weighted by atomic mass is 10.3. The van der Waals surface area contributed by atoms with Crippen molar-refractivity contribution in [1.29, 1.82) is 0 Å². The molecule has 0 aliphatic carbocycles. The second-order valence-corrected chi connectivity index (χ2v) is 3.50. The first-order valence-electron chi connectivity index (χ1n) is 5.18. The monoisotopic (exact) mass is 226 g/mol. The lowest BCUT2D eigenvalue weighted by Gasteiger charge is -2.03. The van der Waals surface area contributed by atoms with Crippen molar-refractivity contribution in [2.45, 2.75) is 0 Å². The van der Waals surface area contributed by atoms with Gasteiger partial charge in [-0.2, -0.15) is 4.98 Å². The molecule has 5 heteroatoms. The van der Waals surface area contributed by atoms with Crippen molar-refractivity contribution in [1.82, 2.24) is 19.5 Å². The molecule has 0 fully saturated rings. The molecule has 3 aromatic rings. The number of nitrogens with zero attached hydrogens (tertiary/aromatic N) is 4. The van der Waals surface area contributed by atoms with Gasteiger partial charge < -0.3 is 4.74 Å². The number of methoxy groups -OCH3 is 1. The van der Waals surface area contributed by atoms with E-state index >= 15 is 0 Å². The maximum absolute atomic E-state index is 5.08. The highest BCUT2D eigenvalue weighted by Gasteiger charge is 2.06. The summed E-state index contributed by atoms with van der Waals surface area (Å²) >= 11 is 0. The van der Waals surface area contributed by atoms with Gasteiger partial charge in [-0.25, -0.2) is 9.97 Å². The quantitative estimate of drug-likeness (QED) is 0.668. The lowest BCUT2D eigenvalue weighted by molar-refractivity contribution is 0.396. The molecule has 0 amide bonds. The van der Waals surface area contributed by atoms with Gasteiger partial charge in [0.2, 0.25) is 11.8 Å². The van der Waals surface area contributed by atoms with Gasteiger partial charge in [-0.15, -0.1) is 0 Å². The van der Waals surface area contributed by atoms with Gasteiger partial charge >= 0.3 is 0 Å². The molecule has 1 aromatic carbocycles. The van der Waals surface area contributed by atoms with Crippen molar-refractivity contribution in [3.63, 3.8) is 0 Å². The van der Waals surface area contributed by atoms with Crippen LogP contribution in [0.1, 0.15) is 0 Å². The number of hydrogen-bond donors (Lipinski definition) is 0. The van der Waals surface area contributed by atoms with E-state index in [1.54, 1.807) is 25.7 Å². The van der Waals surface area contributed by atoms with E-state index in [-0.39, 0.29) is 0 Å². The standard InChI is InChI=1S/C12H10N4O/c1-17-11-6-7-13-12(15-11)16-8-14-9-4-2-3-5-10(9)16/h2-8H,1H3. The molecule has 3 rings (SSSR count). The number of fused-ring (bicyclic) bond motifs is 1. The first-order valence-corrected chi connectivity index (χ1v) is 5.18. The molecule has 84 valence electrons. The van der Waals surface area contributed by atoms with Crippen LogP contribution in [0.2, 0.25) is 0 Å². The summed E-state index contributed by atoms with van der Waals surface area (Å²) in [6.45, 7) is 0. The molecule has 0 saturated carbocycles. The third kappa shape index (κ3) is 1.61. The fraction of sp³-hybridized carbons (Fsp3) is 0.0833. The maximum atomic E-state index is 5.08. The van der Waals surface area contributed by atoms with E-state index in [0.29, 0.717) is 11.8 Å². The second-order valence-electron chi connectivity index (χ2n) is 3.50. The summed E-state index contributed by atoms with van der Waals surface area (Å²) in [6, 6.07) is 9.55. The molecule has 0 bridgehead atoms. The van der Waals surface area contributed by atoms with E-state index in [4.69, 9.17) is 4.74 Å². The number of ether oxygens (including phenoxy) is 1. The van der Waals surface area contributed by atoms with Crippen molar-refractivity contribution >= 4 is 11.0 Å². The van der Waals surface area contributed by atoms with Crippen LogP contribution < -0.4 is 4.74 Å². The summed E-state index contributed by atoms with van der Waals surface area (Å²) < 4.78 is 6.91. The van der Waals surface area contributed by atoms with Crippen LogP contribution in [-0.2, 0) is 0 Å². The van der Waals surface area contributed by atoms with Crippen LogP contribution in [0, 0.1) is 0 Å². The van der Waals surface area contributed by atoms with Gasteiger partial charge in [0, 0.05) is 12.3 Å². The van der Waals surface area contributed by atoms with Gasteiger partial charge in [-0.05, 0) is 12.1 Å². The van der Waals surface area contributed by atoms with Crippen LogP contribution in [0.3, 0.4) is 0 Å². The number of rotatable bonds is 2. The van der Waals surface area contributed by atoms with Gasteiger partial charge in [-0.1, -0.05) is 12.1 Å². The number of hydrogen-bond acceptors (Lipinski definition) is 4. The SMILES string of the molecule is COc1ccnc(-n2cnc3ccccc32)n1.